The fourth-order valence-corrected chi connectivity index (χ4v) is 3.13. The monoisotopic (exact) mass is 446 g/mol. The van der Waals surface area contributed by atoms with E-state index in [9.17, 15) is 9.59 Å². The summed E-state index contributed by atoms with van der Waals surface area (Å²) in [4.78, 5) is 23.0. The van der Waals surface area contributed by atoms with E-state index in [0.29, 0.717) is 25.8 Å². The van der Waals surface area contributed by atoms with Gasteiger partial charge in [-0.2, -0.15) is 0 Å². The van der Waals surface area contributed by atoms with Crippen molar-refractivity contribution in [3.63, 3.8) is 0 Å². The first kappa shape index (κ1) is 29.9. The molecule has 0 radical (unpaired) electrons. The van der Waals surface area contributed by atoms with Gasteiger partial charge in [-0.15, -0.1) is 0 Å². The first-order chi connectivity index (χ1) is 15.6. The van der Waals surface area contributed by atoms with Gasteiger partial charge in [0, 0.05) is 6.42 Å². The maximum atomic E-state index is 11.9. The van der Waals surface area contributed by atoms with Gasteiger partial charge in [0.2, 0.25) is 5.91 Å². The lowest BCUT2D eigenvalue weighted by molar-refractivity contribution is -0.142. The van der Waals surface area contributed by atoms with E-state index < -0.39 is 12.0 Å². The minimum absolute atomic E-state index is 0.188. The standard InChI is InChI=1S/C27H46N2O3/c1-2-3-4-5-6-7-8-9-10-11-12-13-14-15-16-17-18-19-20-23-26(30)29-25(27(31)32)22-21-24-28/h6-7,9-10,12-13,15-16,25H,2-5,8,11,14,17-24,28H2,1H3,(H,29,30)(H,31,32)/b7-6-,10-9-,13-12-,16-15-/t25-/m0/s1. The van der Waals surface area contributed by atoms with Crippen LogP contribution in [-0.4, -0.2) is 29.6 Å². The van der Waals surface area contributed by atoms with E-state index >= 15 is 0 Å². The second-order valence-electron chi connectivity index (χ2n) is 8.08. The summed E-state index contributed by atoms with van der Waals surface area (Å²) in [7, 11) is 0. The van der Waals surface area contributed by atoms with Crippen molar-refractivity contribution >= 4 is 11.9 Å². The molecule has 0 aromatic rings. The highest BCUT2D eigenvalue weighted by Gasteiger charge is 2.18. The SMILES string of the molecule is CCCCC/C=C\C/C=C\C/C=C\C/C=C\CCCCCC(=O)N[C@@H](CCCN)C(=O)O. The van der Waals surface area contributed by atoms with Crippen LogP contribution in [0.15, 0.2) is 48.6 Å². The Kier molecular flexibility index (Phi) is 21.9. The molecule has 0 saturated heterocycles. The summed E-state index contributed by atoms with van der Waals surface area (Å²) in [5, 5.41) is 11.7. The zero-order chi connectivity index (χ0) is 23.7. The summed E-state index contributed by atoms with van der Waals surface area (Å²) in [6.45, 7) is 2.66. The summed E-state index contributed by atoms with van der Waals surface area (Å²) in [6, 6.07) is -0.824. The van der Waals surface area contributed by atoms with Gasteiger partial charge in [0.15, 0.2) is 0 Å². The third kappa shape index (κ3) is 21.1. The predicted molar refractivity (Wildman–Crippen MR) is 135 cm³/mol. The molecule has 1 atom stereocenters. The average Bonchev–Trinajstić information content (AvgIpc) is 2.78. The number of allylic oxidation sites excluding steroid dienone is 8. The third-order valence-electron chi connectivity index (χ3n) is 5.06. The minimum atomic E-state index is -0.993. The van der Waals surface area contributed by atoms with Crippen molar-refractivity contribution in [2.45, 2.75) is 103 Å². The Hall–Kier alpha value is -2.14. The number of carboxylic acid groups (broad SMARTS) is 1. The normalized spacial score (nSPS) is 13.1. The van der Waals surface area contributed by atoms with Gasteiger partial charge in [-0.3, -0.25) is 4.79 Å². The van der Waals surface area contributed by atoms with Crippen molar-refractivity contribution in [3.05, 3.63) is 48.6 Å². The van der Waals surface area contributed by atoms with Crippen LogP contribution in [0.3, 0.4) is 0 Å². The van der Waals surface area contributed by atoms with Crippen molar-refractivity contribution in [1.82, 2.24) is 5.32 Å². The molecule has 0 aliphatic heterocycles. The number of carboxylic acids is 1. The molecule has 0 unspecified atom stereocenters. The maximum Gasteiger partial charge on any atom is 0.326 e. The molecular formula is C27H46N2O3. The van der Waals surface area contributed by atoms with Gasteiger partial charge in [-0.1, -0.05) is 74.8 Å². The zero-order valence-corrected chi connectivity index (χ0v) is 20.1. The molecule has 5 nitrogen and oxygen atoms in total. The van der Waals surface area contributed by atoms with Gasteiger partial charge in [0.05, 0.1) is 0 Å². The van der Waals surface area contributed by atoms with Crippen LogP contribution >= 0.6 is 0 Å². The van der Waals surface area contributed by atoms with Gasteiger partial charge in [-0.05, 0) is 70.8 Å². The molecule has 0 aliphatic rings. The fraction of sp³-hybridized carbons (Fsp3) is 0.630. The Labute approximate surface area is 195 Å². The van der Waals surface area contributed by atoms with E-state index in [-0.39, 0.29) is 5.91 Å². The highest BCUT2D eigenvalue weighted by Crippen LogP contribution is 2.06. The lowest BCUT2D eigenvalue weighted by atomic mass is 10.1. The molecule has 182 valence electrons. The first-order valence-corrected chi connectivity index (χ1v) is 12.4. The molecule has 0 bridgehead atoms. The summed E-state index contributed by atoms with van der Waals surface area (Å²) >= 11 is 0. The summed E-state index contributed by atoms with van der Waals surface area (Å²) in [6.07, 6.45) is 30.9. The molecule has 32 heavy (non-hydrogen) atoms. The fourth-order valence-electron chi connectivity index (χ4n) is 3.13. The van der Waals surface area contributed by atoms with Gasteiger partial charge in [0.25, 0.3) is 0 Å². The molecule has 4 N–H and O–H groups in total. The topological polar surface area (TPSA) is 92.4 Å². The van der Waals surface area contributed by atoms with Crippen molar-refractivity contribution in [2.75, 3.05) is 6.54 Å². The summed E-state index contributed by atoms with van der Waals surface area (Å²) < 4.78 is 0. The lowest BCUT2D eigenvalue weighted by Gasteiger charge is -2.13. The Morgan fingerprint density at radius 3 is 1.81 bits per heavy atom. The number of aliphatic carboxylic acids is 1. The maximum absolute atomic E-state index is 11.9. The van der Waals surface area contributed by atoms with Crippen molar-refractivity contribution in [2.24, 2.45) is 5.73 Å². The van der Waals surface area contributed by atoms with Crippen LogP contribution in [0.5, 0.6) is 0 Å². The number of rotatable bonds is 21. The molecule has 0 fully saturated rings. The summed E-state index contributed by atoms with van der Waals surface area (Å²) in [5.74, 6) is -1.18. The number of hydrogen-bond acceptors (Lipinski definition) is 3. The van der Waals surface area contributed by atoms with Crippen LogP contribution in [0.1, 0.15) is 96.8 Å². The highest BCUT2D eigenvalue weighted by molar-refractivity contribution is 5.83. The number of nitrogens with two attached hydrogens (primary N) is 1. The van der Waals surface area contributed by atoms with Crippen LogP contribution in [0, 0.1) is 0 Å². The number of amides is 1. The third-order valence-corrected chi connectivity index (χ3v) is 5.06. The van der Waals surface area contributed by atoms with E-state index in [2.05, 4.69) is 60.8 Å². The minimum Gasteiger partial charge on any atom is -0.480 e. The largest absolute Gasteiger partial charge is 0.480 e. The van der Waals surface area contributed by atoms with Crippen LogP contribution < -0.4 is 11.1 Å². The van der Waals surface area contributed by atoms with Gasteiger partial charge in [0.1, 0.15) is 6.04 Å². The molecule has 0 rings (SSSR count). The lowest BCUT2D eigenvalue weighted by Crippen LogP contribution is -2.40. The molecule has 1 amide bonds. The molecule has 0 aromatic heterocycles. The van der Waals surface area contributed by atoms with Crippen LogP contribution in [0.25, 0.3) is 0 Å². The zero-order valence-electron chi connectivity index (χ0n) is 20.1. The number of unbranched alkanes of at least 4 members (excludes halogenated alkanes) is 6. The van der Waals surface area contributed by atoms with Gasteiger partial charge in [-0.25, -0.2) is 4.79 Å². The van der Waals surface area contributed by atoms with Crippen molar-refractivity contribution < 1.29 is 14.7 Å². The Bertz CT molecular complexity index is 579. The molecule has 0 heterocycles. The number of carbonyl (C=O) groups excluding carboxylic acids is 1. The molecule has 0 aliphatic carbocycles. The quantitative estimate of drug-likeness (QED) is 0.144. The predicted octanol–water partition coefficient (Wildman–Crippen LogP) is 6.22. The highest BCUT2D eigenvalue weighted by atomic mass is 16.4. The van der Waals surface area contributed by atoms with Gasteiger partial charge >= 0.3 is 5.97 Å². The Morgan fingerprint density at radius 1 is 0.781 bits per heavy atom. The number of hydrogen-bond donors (Lipinski definition) is 3. The molecule has 0 saturated carbocycles. The van der Waals surface area contributed by atoms with E-state index in [1.807, 2.05) is 0 Å². The molecule has 0 spiro atoms. The first-order valence-electron chi connectivity index (χ1n) is 12.4. The Morgan fingerprint density at radius 2 is 1.31 bits per heavy atom. The van der Waals surface area contributed by atoms with E-state index in [1.165, 1.54) is 25.7 Å². The molecule has 5 heteroatoms. The van der Waals surface area contributed by atoms with Crippen LogP contribution in [-0.2, 0) is 9.59 Å². The Balaban J connectivity index is 3.63. The van der Waals surface area contributed by atoms with Crippen LogP contribution in [0.4, 0.5) is 0 Å². The van der Waals surface area contributed by atoms with Crippen molar-refractivity contribution in [1.29, 1.82) is 0 Å². The number of carbonyl (C=O) groups is 2. The molecule has 0 aromatic carbocycles. The van der Waals surface area contributed by atoms with E-state index in [1.54, 1.807) is 0 Å². The van der Waals surface area contributed by atoms with E-state index in [4.69, 9.17) is 10.8 Å². The van der Waals surface area contributed by atoms with Crippen molar-refractivity contribution in [3.8, 4) is 0 Å². The smallest absolute Gasteiger partial charge is 0.326 e. The second kappa shape index (κ2) is 23.5. The van der Waals surface area contributed by atoms with Crippen LogP contribution in [0.2, 0.25) is 0 Å². The summed E-state index contributed by atoms with van der Waals surface area (Å²) in [5.41, 5.74) is 5.40. The van der Waals surface area contributed by atoms with Gasteiger partial charge < -0.3 is 16.2 Å². The van der Waals surface area contributed by atoms with E-state index in [0.717, 1.165) is 44.9 Å². The second-order valence-corrected chi connectivity index (χ2v) is 8.08. The number of nitrogens with one attached hydrogen (secondary N) is 1. The average molecular weight is 447 g/mol. The molecular weight excluding hydrogens is 400 g/mol.